The molecule has 9 heteroatoms. The predicted molar refractivity (Wildman–Crippen MR) is 130 cm³/mol. The van der Waals surface area contributed by atoms with Gasteiger partial charge in [0.2, 0.25) is 0 Å². The number of rotatable bonds is 8. The number of guanidine groups is 1. The van der Waals surface area contributed by atoms with Crippen molar-refractivity contribution < 1.29 is 13.7 Å². The van der Waals surface area contributed by atoms with Crippen LogP contribution in [0.5, 0.6) is 0 Å². The quantitative estimate of drug-likeness (QED) is 0.302. The maximum Gasteiger partial charge on any atom is 0.191 e. The van der Waals surface area contributed by atoms with Crippen LogP contribution in [0.3, 0.4) is 0 Å². The third kappa shape index (κ3) is 6.88. The molecule has 1 unspecified atom stereocenters. The smallest absolute Gasteiger partial charge is 0.191 e. The van der Waals surface area contributed by atoms with Crippen LogP contribution in [0.1, 0.15) is 42.5 Å². The molecule has 3 rings (SSSR count). The maximum atomic E-state index is 13.9. The average molecular weight is 545 g/mol. The highest BCUT2D eigenvalue weighted by atomic mass is 127. The van der Waals surface area contributed by atoms with Gasteiger partial charge in [-0.1, -0.05) is 31.1 Å². The third-order valence-electron chi connectivity index (χ3n) is 5.45. The van der Waals surface area contributed by atoms with E-state index in [0.29, 0.717) is 32.3 Å². The summed E-state index contributed by atoms with van der Waals surface area (Å²) in [4.78, 5) is 6.68. The highest BCUT2D eigenvalue weighted by Gasteiger charge is 2.23. The van der Waals surface area contributed by atoms with Gasteiger partial charge in [0.05, 0.1) is 24.9 Å². The highest BCUT2D eigenvalue weighted by molar-refractivity contribution is 14.0. The van der Waals surface area contributed by atoms with Gasteiger partial charge in [-0.15, -0.1) is 24.0 Å². The number of aryl methyl sites for hydroxylation is 2. The van der Waals surface area contributed by atoms with Gasteiger partial charge in [-0.05, 0) is 24.1 Å². The minimum atomic E-state index is -0.222. The molecule has 1 saturated heterocycles. The van der Waals surface area contributed by atoms with Gasteiger partial charge >= 0.3 is 0 Å². The van der Waals surface area contributed by atoms with Crippen molar-refractivity contribution in [2.24, 2.45) is 4.99 Å². The number of aliphatic imine (C=N–C) groups is 1. The Kier molecular flexibility index (Phi) is 10.7. The second-order valence-corrected chi connectivity index (χ2v) is 7.26. The van der Waals surface area contributed by atoms with Crippen LogP contribution in [0.2, 0.25) is 0 Å². The standard InChI is InChI=1S/C22H32FN5O2.HI/c1-4-19-18(21(5-2)30-27-19)14-25-22(24-3)26-15-20(28-9-11-29-12-10-28)16-7-6-8-17(23)13-16;/h6-8,13,20H,4-5,9-12,14-15H2,1-3H3,(H2,24,25,26);1H. The third-order valence-corrected chi connectivity index (χ3v) is 5.45. The lowest BCUT2D eigenvalue weighted by molar-refractivity contribution is 0.0169. The van der Waals surface area contributed by atoms with Gasteiger partial charge in [0.15, 0.2) is 5.96 Å². The molecule has 31 heavy (non-hydrogen) atoms. The SMILES string of the molecule is CCc1noc(CC)c1CNC(=NC)NCC(c1cccc(F)c1)N1CCOCC1.I. The zero-order valence-corrected chi connectivity index (χ0v) is 20.8. The molecule has 1 fully saturated rings. The zero-order chi connectivity index (χ0) is 21.3. The molecular formula is C22H33FIN5O2. The van der Waals surface area contributed by atoms with Gasteiger partial charge in [0.1, 0.15) is 11.6 Å². The number of nitrogens with zero attached hydrogens (tertiary/aromatic N) is 3. The van der Waals surface area contributed by atoms with Crippen LogP contribution < -0.4 is 10.6 Å². The topological polar surface area (TPSA) is 74.9 Å². The van der Waals surface area contributed by atoms with Crippen molar-refractivity contribution in [3.63, 3.8) is 0 Å². The van der Waals surface area contributed by atoms with Gasteiger partial charge in [0.25, 0.3) is 0 Å². The minimum Gasteiger partial charge on any atom is -0.379 e. The van der Waals surface area contributed by atoms with Gasteiger partial charge in [0, 0.05) is 45.2 Å². The lowest BCUT2D eigenvalue weighted by atomic mass is 10.0. The summed E-state index contributed by atoms with van der Waals surface area (Å²) in [5.41, 5.74) is 3.01. The molecule has 1 aromatic heterocycles. The Hall–Kier alpha value is -1.72. The monoisotopic (exact) mass is 545 g/mol. The summed E-state index contributed by atoms with van der Waals surface area (Å²) in [6.07, 6.45) is 1.62. The molecule has 0 aliphatic carbocycles. The number of morpholine rings is 1. The first-order valence-electron chi connectivity index (χ1n) is 10.6. The number of hydrogen-bond donors (Lipinski definition) is 2. The molecule has 1 aromatic carbocycles. The fourth-order valence-electron chi connectivity index (χ4n) is 3.78. The van der Waals surface area contributed by atoms with Gasteiger partial charge in [-0.2, -0.15) is 0 Å². The van der Waals surface area contributed by atoms with Crippen LogP contribution in [-0.2, 0) is 24.1 Å². The van der Waals surface area contributed by atoms with Crippen molar-refractivity contribution in [3.8, 4) is 0 Å². The molecule has 2 heterocycles. The molecule has 0 amide bonds. The van der Waals surface area contributed by atoms with Crippen LogP contribution in [0, 0.1) is 5.82 Å². The lowest BCUT2D eigenvalue weighted by Crippen LogP contribution is -2.46. The summed E-state index contributed by atoms with van der Waals surface area (Å²) in [5, 5.41) is 10.9. The van der Waals surface area contributed by atoms with E-state index in [9.17, 15) is 4.39 Å². The summed E-state index contributed by atoms with van der Waals surface area (Å²) in [6.45, 7) is 8.33. The summed E-state index contributed by atoms with van der Waals surface area (Å²) < 4.78 is 24.8. The Morgan fingerprint density at radius 2 is 2.00 bits per heavy atom. The number of hydrogen-bond acceptors (Lipinski definition) is 5. The van der Waals surface area contributed by atoms with Crippen molar-refractivity contribution in [2.45, 2.75) is 39.3 Å². The average Bonchev–Trinajstić information content (AvgIpc) is 3.18. The van der Waals surface area contributed by atoms with Crippen LogP contribution in [-0.4, -0.2) is 55.9 Å². The Balaban J connectivity index is 0.00000341. The predicted octanol–water partition coefficient (Wildman–Crippen LogP) is 3.30. The molecule has 0 radical (unpaired) electrons. The first-order chi connectivity index (χ1) is 14.7. The summed E-state index contributed by atoms with van der Waals surface area (Å²) >= 11 is 0. The van der Waals surface area contributed by atoms with Crippen LogP contribution in [0.15, 0.2) is 33.8 Å². The van der Waals surface area contributed by atoms with Crippen LogP contribution in [0.4, 0.5) is 4.39 Å². The summed E-state index contributed by atoms with van der Waals surface area (Å²) in [5.74, 6) is 1.37. The van der Waals surface area contributed by atoms with E-state index in [1.54, 1.807) is 19.2 Å². The molecule has 7 nitrogen and oxygen atoms in total. The van der Waals surface area contributed by atoms with Gasteiger partial charge in [-0.25, -0.2) is 4.39 Å². The van der Waals surface area contributed by atoms with E-state index >= 15 is 0 Å². The Morgan fingerprint density at radius 3 is 2.65 bits per heavy atom. The second-order valence-electron chi connectivity index (χ2n) is 7.26. The molecule has 1 aliphatic heterocycles. The molecule has 1 atom stereocenters. The molecular weight excluding hydrogens is 512 g/mol. The van der Waals surface area contributed by atoms with Crippen molar-refractivity contribution in [1.82, 2.24) is 20.7 Å². The van der Waals surface area contributed by atoms with Crippen molar-refractivity contribution in [3.05, 3.63) is 52.7 Å². The number of ether oxygens (including phenoxy) is 1. The number of benzene rings is 1. The largest absolute Gasteiger partial charge is 0.379 e. The van der Waals surface area contributed by atoms with Crippen molar-refractivity contribution in [1.29, 1.82) is 0 Å². The number of aromatic nitrogens is 1. The maximum absolute atomic E-state index is 13.9. The number of halogens is 2. The minimum absolute atomic E-state index is 0. The number of nitrogens with one attached hydrogen (secondary N) is 2. The normalized spacial score (nSPS) is 15.9. The first kappa shape index (κ1) is 25.5. The van der Waals surface area contributed by atoms with Crippen LogP contribution >= 0.6 is 24.0 Å². The van der Waals surface area contributed by atoms with E-state index in [4.69, 9.17) is 9.26 Å². The summed E-state index contributed by atoms with van der Waals surface area (Å²) in [7, 11) is 1.75. The van der Waals surface area contributed by atoms with E-state index in [1.807, 2.05) is 6.07 Å². The van der Waals surface area contributed by atoms with E-state index in [1.165, 1.54) is 6.07 Å². The van der Waals surface area contributed by atoms with E-state index in [0.717, 1.165) is 48.5 Å². The van der Waals surface area contributed by atoms with E-state index in [-0.39, 0.29) is 35.8 Å². The van der Waals surface area contributed by atoms with E-state index < -0.39 is 0 Å². The van der Waals surface area contributed by atoms with Crippen molar-refractivity contribution >= 4 is 29.9 Å². The highest BCUT2D eigenvalue weighted by Crippen LogP contribution is 2.22. The Labute approximate surface area is 200 Å². The molecule has 2 aromatic rings. The van der Waals surface area contributed by atoms with E-state index in [2.05, 4.69) is 39.5 Å². The molecule has 2 N–H and O–H groups in total. The summed E-state index contributed by atoms with van der Waals surface area (Å²) in [6, 6.07) is 6.84. The first-order valence-corrected chi connectivity index (χ1v) is 10.6. The zero-order valence-electron chi connectivity index (χ0n) is 18.5. The Morgan fingerprint density at radius 1 is 1.23 bits per heavy atom. The van der Waals surface area contributed by atoms with Gasteiger partial charge < -0.3 is 19.9 Å². The molecule has 172 valence electrons. The fraction of sp³-hybridized carbons (Fsp3) is 0.545. The molecule has 0 spiro atoms. The van der Waals surface area contributed by atoms with Crippen LogP contribution in [0.25, 0.3) is 0 Å². The molecule has 0 saturated carbocycles. The lowest BCUT2D eigenvalue weighted by Gasteiger charge is -2.35. The second kappa shape index (κ2) is 13.0. The fourth-order valence-corrected chi connectivity index (χ4v) is 3.78. The van der Waals surface area contributed by atoms with Crippen molar-refractivity contribution in [2.75, 3.05) is 39.9 Å². The Bertz CT molecular complexity index is 818. The van der Waals surface area contributed by atoms with Gasteiger partial charge in [-0.3, -0.25) is 9.89 Å². The molecule has 0 bridgehead atoms. The molecule has 1 aliphatic rings.